The van der Waals surface area contributed by atoms with E-state index in [1.165, 1.54) is 24.4 Å². The third-order valence-corrected chi connectivity index (χ3v) is 6.86. The maximum absolute atomic E-state index is 13.3. The molecule has 9 nitrogen and oxygen atoms in total. The first-order valence-electron chi connectivity index (χ1n) is 11.4. The molecule has 2 aromatic heterocycles. The molecule has 3 heterocycles. The van der Waals surface area contributed by atoms with Crippen LogP contribution in [0.2, 0.25) is 0 Å². The van der Waals surface area contributed by atoms with Gasteiger partial charge in [0, 0.05) is 18.0 Å². The molecule has 36 heavy (non-hydrogen) atoms. The van der Waals surface area contributed by atoms with Crippen molar-refractivity contribution in [3.8, 4) is 5.75 Å². The minimum atomic E-state index is -0.973. The van der Waals surface area contributed by atoms with Crippen molar-refractivity contribution in [2.24, 2.45) is 0 Å². The number of thiazole rings is 1. The Hall–Kier alpha value is -4.05. The average Bonchev–Trinajstić information content (AvgIpc) is 3.40. The lowest BCUT2D eigenvalue weighted by Gasteiger charge is -2.23. The normalized spacial score (nSPS) is 16.9. The smallest absolute Gasteiger partial charge is 0.350 e. The molecule has 1 aliphatic rings. The molecular formula is C26H25N3O6S. The highest BCUT2D eigenvalue weighted by Gasteiger charge is 2.48. The maximum atomic E-state index is 13.3. The van der Waals surface area contributed by atoms with Crippen LogP contribution in [0.25, 0.3) is 5.76 Å². The minimum absolute atomic E-state index is 0.0849. The molecule has 1 aromatic carbocycles. The monoisotopic (exact) mass is 507 g/mol. The Morgan fingerprint density at radius 1 is 1.14 bits per heavy atom. The number of carbonyl (C=O) groups excluding carboxylic acids is 3. The largest absolute Gasteiger partial charge is 0.507 e. The first-order valence-corrected chi connectivity index (χ1v) is 12.2. The fourth-order valence-corrected chi connectivity index (χ4v) is 4.87. The fourth-order valence-electron chi connectivity index (χ4n) is 3.86. The molecule has 1 unspecified atom stereocenters. The molecule has 0 radical (unpaired) electrons. The van der Waals surface area contributed by atoms with Crippen molar-refractivity contribution in [2.75, 3.05) is 18.6 Å². The Balaban J connectivity index is 1.84. The average molecular weight is 508 g/mol. The molecule has 1 fully saturated rings. The number of Topliss-reactive ketones (excluding diaryl/α,β-unsaturated/α-hetero) is 1. The van der Waals surface area contributed by atoms with Gasteiger partial charge in [-0.3, -0.25) is 19.5 Å². The number of rotatable bonds is 8. The van der Waals surface area contributed by atoms with Crippen molar-refractivity contribution >= 4 is 39.9 Å². The van der Waals surface area contributed by atoms with Gasteiger partial charge < -0.3 is 14.6 Å². The highest BCUT2D eigenvalue weighted by molar-refractivity contribution is 7.17. The quantitative estimate of drug-likeness (QED) is 0.156. The molecular weight excluding hydrogens is 482 g/mol. The van der Waals surface area contributed by atoms with Crippen molar-refractivity contribution in [1.29, 1.82) is 0 Å². The summed E-state index contributed by atoms with van der Waals surface area (Å²) in [6.07, 6.45) is 4.88. The number of hydrogen-bond acceptors (Lipinski definition) is 9. The molecule has 0 bridgehead atoms. The van der Waals surface area contributed by atoms with Gasteiger partial charge in [-0.1, -0.05) is 36.8 Å². The number of unbranched alkanes of at least 4 members (excludes halogenated alkanes) is 1. The summed E-state index contributed by atoms with van der Waals surface area (Å²) in [7, 11) is 1.26. The van der Waals surface area contributed by atoms with Crippen LogP contribution in [0.3, 0.4) is 0 Å². The molecule has 3 aromatic rings. The Morgan fingerprint density at radius 2 is 1.83 bits per heavy atom. The highest BCUT2D eigenvalue weighted by Crippen LogP contribution is 2.44. The molecule has 0 spiro atoms. The van der Waals surface area contributed by atoms with E-state index in [4.69, 9.17) is 9.47 Å². The SMILES string of the molecule is CCCCOc1ccc(C2/C(=C(\O)c3ccncc3)C(=O)C(=O)N2c2nc(C)c(C(=O)OC)s2)cc1. The molecule has 1 atom stereocenters. The van der Waals surface area contributed by atoms with Crippen LogP contribution < -0.4 is 9.64 Å². The van der Waals surface area contributed by atoms with Crippen LogP contribution in [0.4, 0.5) is 5.13 Å². The van der Waals surface area contributed by atoms with Crippen molar-refractivity contribution in [3.05, 3.63) is 76.1 Å². The number of aryl methyl sites for hydroxylation is 1. The van der Waals surface area contributed by atoms with Crippen LogP contribution in [-0.2, 0) is 14.3 Å². The van der Waals surface area contributed by atoms with Gasteiger partial charge >= 0.3 is 11.9 Å². The molecule has 0 saturated carbocycles. The molecule has 10 heteroatoms. The maximum Gasteiger partial charge on any atom is 0.350 e. The van der Waals surface area contributed by atoms with Crippen LogP contribution in [0.1, 0.15) is 52.3 Å². The zero-order chi connectivity index (χ0) is 25.8. The number of aliphatic hydroxyl groups excluding tert-OH is 1. The fraction of sp³-hybridized carbons (Fsp3) is 0.269. The van der Waals surface area contributed by atoms with Gasteiger partial charge in [0.2, 0.25) is 0 Å². The highest BCUT2D eigenvalue weighted by atomic mass is 32.1. The first kappa shape index (κ1) is 25.1. The summed E-state index contributed by atoms with van der Waals surface area (Å²) in [5, 5.41) is 11.3. The standard InChI is InChI=1S/C26H25N3O6S/c1-4-5-14-35-18-8-6-16(7-9-18)20-19(21(30)17-10-12-27-13-11-17)22(31)24(32)29(20)26-28-15(2)23(36-26)25(33)34-3/h6-13,20,30H,4-5,14H2,1-3H3/b21-19+. The van der Waals surface area contributed by atoms with Gasteiger partial charge in [-0.2, -0.15) is 0 Å². The predicted octanol–water partition coefficient (Wildman–Crippen LogP) is 4.44. The number of amides is 1. The van der Waals surface area contributed by atoms with E-state index in [1.807, 2.05) is 0 Å². The van der Waals surface area contributed by atoms with Crippen LogP contribution in [0.5, 0.6) is 5.75 Å². The number of carbonyl (C=O) groups is 3. The lowest BCUT2D eigenvalue weighted by atomic mass is 9.95. The van der Waals surface area contributed by atoms with E-state index in [9.17, 15) is 19.5 Å². The van der Waals surface area contributed by atoms with Gasteiger partial charge in [-0.15, -0.1) is 0 Å². The molecule has 1 saturated heterocycles. The van der Waals surface area contributed by atoms with E-state index in [0.29, 0.717) is 29.2 Å². The molecule has 4 rings (SSSR count). The Bertz CT molecular complexity index is 1320. The predicted molar refractivity (Wildman–Crippen MR) is 134 cm³/mol. The molecule has 1 amide bonds. The number of hydrogen-bond donors (Lipinski definition) is 1. The molecule has 0 aliphatic carbocycles. The molecule has 186 valence electrons. The number of ether oxygens (including phenoxy) is 2. The van der Waals surface area contributed by atoms with Gasteiger partial charge in [0.1, 0.15) is 16.4 Å². The number of anilines is 1. The van der Waals surface area contributed by atoms with E-state index in [0.717, 1.165) is 24.2 Å². The van der Waals surface area contributed by atoms with Crippen molar-refractivity contribution < 1.29 is 29.0 Å². The van der Waals surface area contributed by atoms with Crippen molar-refractivity contribution in [2.45, 2.75) is 32.7 Å². The number of aliphatic hydroxyl groups is 1. The number of methoxy groups -OCH3 is 1. The van der Waals surface area contributed by atoms with Crippen LogP contribution in [0, 0.1) is 6.92 Å². The van der Waals surface area contributed by atoms with E-state index in [1.54, 1.807) is 43.3 Å². The number of ketones is 1. The van der Waals surface area contributed by atoms with E-state index < -0.39 is 23.7 Å². The third kappa shape index (κ3) is 4.72. The number of pyridine rings is 1. The van der Waals surface area contributed by atoms with Gasteiger partial charge in [-0.05, 0) is 43.2 Å². The second-order valence-electron chi connectivity index (χ2n) is 8.08. The first-order chi connectivity index (χ1) is 17.4. The summed E-state index contributed by atoms with van der Waals surface area (Å²) in [5.41, 5.74) is 1.20. The van der Waals surface area contributed by atoms with Gasteiger partial charge in [0.25, 0.3) is 5.78 Å². The van der Waals surface area contributed by atoms with Gasteiger partial charge in [0.15, 0.2) is 5.13 Å². The number of nitrogens with zero attached hydrogens (tertiary/aromatic N) is 3. The van der Waals surface area contributed by atoms with Crippen LogP contribution >= 0.6 is 11.3 Å². The lowest BCUT2D eigenvalue weighted by Crippen LogP contribution is -2.29. The Labute approximate surface area is 212 Å². The second-order valence-corrected chi connectivity index (χ2v) is 9.06. The summed E-state index contributed by atoms with van der Waals surface area (Å²) in [6, 6.07) is 9.12. The van der Waals surface area contributed by atoms with E-state index in [2.05, 4.69) is 16.9 Å². The van der Waals surface area contributed by atoms with Crippen LogP contribution in [-0.4, -0.2) is 46.5 Å². The zero-order valence-electron chi connectivity index (χ0n) is 20.1. The van der Waals surface area contributed by atoms with Gasteiger partial charge in [0.05, 0.1) is 31.0 Å². The molecule has 1 N–H and O–H groups in total. The number of benzene rings is 1. The topological polar surface area (TPSA) is 119 Å². The lowest BCUT2D eigenvalue weighted by molar-refractivity contribution is -0.132. The summed E-state index contributed by atoms with van der Waals surface area (Å²) >= 11 is 0.948. The summed E-state index contributed by atoms with van der Waals surface area (Å²) in [4.78, 5) is 48.5. The minimum Gasteiger partial charge on any atom is -0.507 e. The van der Waals surface area contributed by atoms with E-state index >= 15 is 0 Å². The number of aromatic nitrogens is 2. The Kier molecular flexibility index (Phi) is 7.44. The molecule has 1 aliphatic heterocycles. The van der Waals surface area contributed by atoms with Crippen molar-refractivity contribution in [3.63, 3.8) is 0 Å². The summed E-state index contributed by atoms with van der Waals surface area (Å²) in [6.45, 7) is 4.27. The van der Waals surface area contributed by atoms with E-state index in [-0.39, 0.29) is 21.3 Å². The summed E-state index contributed by atoms with van der Waals surface area (Å²) < 4.78 is 10.6. The van der Waals surface area contributed by atoms with Gasteiger partial charge in [-0.25, -0.2) is 9.78 Å². The third-order valence-electron chi connectivity index (χ3n) is 5.72. The second kappa shape index (κ2) is 10.7. The summed E-state index contributed by atoms with van der Waals surface area (Å²) in [5.74, 6) is -1.98. The zero-order valence-corrected chi connectivity index (χ0v) is 20.9. The number of esters is 1. The van der Waals surface area contributed by atoms with Crippen molar-refractivity contribution in [1.82, 2.24) is 9.97 Å². The Morgan fingerprint density at radius 3 is 2.47 bits per heavy atom. The van der Waals surface area contributed by atoms with Crippen LogP contribution in [0.15, 0.2) is 54.4 Å².